The molecule has 98 valence electrons. The summed E-state index contributed by atoms with van der Waals surface area (Å²) in [5.74, 6) is 1.75. The van der Waals surface area contributed by atoms with E-state index in [0.717, 1.165) is 30.1 Å². The molecule has 2 rings (SSSR count). The Kier molecular flexibility index (Phi) is 4.40. The van der Waals surface area contributed by atoms with Gasteiger partial charge in [0.1, 0.15) is 5.75 Å². The van der Waals surface area contributed by atoms with Gasteiger partial charge < -0.3 is 4.74 Å². The van der Waals surface area contributed by atoms with Crippen molar-refractivity contribution in [3.8, 4) is 5.75 Å². The van der Waals surface area contributed by atoms with Crippen molar-refractivity contribution in [3.05, 3.63) is 29.8 Å². The Labute approximate surface area is 109 Å². The highest BCUT2D eigenvalue weighted by Crippen LogP contribution is 2.29. The Balaban J connectivity index is 2.07. The highest BCUT2D eigenvalue weighted by atomic mass is 16.5. The van der Waals surface area contributed by atoms with Crippen molar-refractivity contribution in [1.82, 2.24) is 0 Å². The molecule has 1 saturated carbocycles. The van der Waals surface area contributed by atoms with Crippen molar-refractivity contribution in [1.29, 1.82) is 0 Å². The minimum absolute atomic E-state index is 0.162. The number of benzene rings is 1. The van der Waals surface area contributed by atoms with Gasteiger partial charge >= 0.3 is 0 Å². The standard InChI is InChI=1S/C16H22O2/c1-3-15(17)14-6-4-5-7-16(14)18-13-10-8-12(2)9-11-13/h4-7,12-13H,3,8-11H2,1-2H3. The van der Waals surface area contributed by atoms with E-state index in [9.17, 15) is 4.79 Å². The first-order valence-corrected chi connectivity index (χ1v) is 6.99. The summed E-state index contributed by atoms with van der Waals surface area (Å²) in [6, 6.07) is 7.62. The van der Waals surface area contributed by atoms with Crippen molar-refractivity contribution in [3.63, 3.8) is 0 Å². The molecule has 0 radical (unpaired) electrons. The van der Waals surface area contributed by atoms with Crippen LogP contribution in [0.15, 0.2) is 24.3 Å². The molecular weight excluding hydrogens is 224 g/mol. The van der Waals surface area contributed by atoms with Gasteiger partial charge in [0.25, 0.3) is 0 Å². The molecule has 0 amide bonds. The third-order valence-corrected chi connectivity index (χ3v) is 3.77. The van der Waals surface area contributed by atoms with Crippen LogP contribution in [-0.2, 0) is 0 Å². The second-order valence-corrected chi connectivity index (χ2v) is 5.27. The maximum Gasteiger partial charge on any atom is 0.166 e. The lowest BCUT2D eigenvalue weighted by Gasteiger charge is -2.27. The normalized spacial score (nSPS) is 23.7. The topological polar surface area (TPSA) is 26.3 Å². The molecule has 0 bridgehead atoms. The van der Waals surface area contributed by atoms with Crippen LogP contribution < -0.4 is 4.74 Å². The van der Waals surface area contributed by atoms with Gasteiger partial charge in [-0.3, -0.25) is 4.79 Å². The predicted octanol–water partition coefficient (Wildman–Crippen LogP) is 4.24. The van der Waals surface area contributed by atoms with Gasteiger partial charge in [-0.15, -0.1) is 0 Å². The van der Waals surface area contributed by atoms with Gasteiger partial charge in [-0.1, -0.05) is 26.0 Å². The van der Waals surface area contributed by atoms with Crippen LogP contribution in [0.2, 0.25) is 0 Å². The largest absolute Gasteiger partial charge is 0.490 e. The van der Waals surface area contributed by atoms with Crippen molar-refractivity contribution < 1.29 is 9.53 Å². The Bertz CT molecular complexity index is 403. The van der Waals surface area contributed by atoms with Crippen LogP contribution in [-0.4, -0.2) is 11.9 Å². The summed E-state index contributed by atoms with van der Waals surface area (Å²) < 4.78 is 6.04. The van der Waals surface area contributed by atoms with E-state index < -0.39 is 0 Å². The number of ketones is 1. The number of carbonyl (C=O) groups is 1. The number of ether oxygens (including phenoxy) is 1. The lowest BCUT2D eigenvalue weighted by Crippen LogP contribution is -2.23. The fraction of sp³-hybridized carbons (Fsp3) is 0.562. The molecule has 2 heteroatoms. The van der Waals surface area contributed by atoms with Crippen molar-refractivity contribution in [2.24, 2.45) is 5.92 Å². The zero-order chi connectivity index (χ0) is 13.0. The summed E-state index contributed by atoms with van der Waals surface area (Å²) in [6.45, 7) is 4.19. The van der Waals surface area contributed by atoms with Gasteiger partial charge in [0.05, 0.1) is 11.7 Å². The smallest absolute Gasteiger partial charge is 0.166 e. The highest BCUT2D eigenvalue weighted by Gasteiger charge is 2.21. The number of rotatable bonds is 4. The lowest BCUT2D eigenvalue weighted by atomic mass is 9.89. The number of Topliss-reactive ketones (excluding diaryl/α,β-unsaturated/α-hetero) is 1. The molecule has 0 N–H and O–H groups in total. The summed E-state index contributed by atoms with van der Waals surface area (Å²) >= 11 is 0. The molecule has 1 aromatic carbocycles. The van der Waals surface area contributed by atoms with Crippen LogP contribution in [0.25, 0.3) is 0 Å². The van der Waals surface area contributed by atoms with Crippen LogP contribution >= 0.6 is 0 Å². The Morgan fingerprint density at radius 2 is 1.89 bits per heavy atom. The first-order valence-electron chi connectivity index (χ1n) is 6.99. The molecular formula is C16H22O2. The predicted molar refractivity (Wildman–Crippen MR) is 73.1 cm³/mol. The van der Waals surface area contributed by atoms with E-state index in [0.29, 0.717) is 6.42 Å². The molecule has 0 atom stereocenters. The van der Waals surface area contributed by atoms with Crippen LogP contribution in [0.1, 0.15) is 56.3 Å². The van der Waals surface area contributed by atoms with Gasteiger partial charge in [-0.2, -0.15) is 0 Å². The second-order valence-electron chi connectivity index (χ2n) is 5.27. The Morgan fingerprint density at radius 3 is 2.56 bits per heavy atom. The van der Waals surface area contributed by atoms with Gasteiger partial charge in [-0.05, 0) is 43.7 Å². The van der Waals surface area contributed by atoms with Crippen molar-refractivity contribution in [2.75, 3.05) is 0 Å². The summed E-state index contributed by atoms with van der Waals surface area (Å²) in [7, 11) is 0. The molecule has 0 unspecified atom stereocenters. The number of hydrogen-bond donors (Lipinski definition) is 0. The second kappa shape index (κ2) is 6.03. The van der Waals surface area contributed by atoms with E-state index in [1.807, 2.05) is 31.2 Å². The van der Waals surface area contributed by atoms with Gasteiger partial charge in [0.2, 0.25) is 0 Å². The summed E-state index contributed by atoms with van der Waals surface area (Å²) in [5.41, 5.74) is 0.735. The van der Waals surface area contributed by atoms with Crippen molar-refractivity contribution >= 4 is 5.78 Å². The monoisotopic (exact) mass is 246 g/mol. The fourth-order valence-electron chi connectivity index (χ4n) is 2.52. The third kappa shape index (κ3) is 3.12. The maximum absolute atomic E-state index is 11.8. The molecule has 0 aliphatic heterocycles. The lowest BCUT2D eigenvalue weighted by molar-refractivity contribution is 0.0971. The van der Waals surface area contributed by atoms with Gasteiger partial charge in [0.15, 0.2) is 5.78 Å². The Hall–Kier alpha value is -1.31. The van der Waals surface area contributed by atoms with Crippen LogP contribution in [0.4, 0.5) is 0 Å². The minimum Gasteiger partial charge on any atom is -0.490 e. The molecule has 0 aromatic heterocycles. The molecule has 1 aliphatic carbocycles. The highest BCUT2D eigenvalue weighted by molar-refractivity contribution is 5.98. The molecule has 0 spiro atoms. The van der Waals surface area contributed by atoms with Crippen LogP contribution in [0, 0.1) is 5.92 Å². The van der Waals surface area contributed by atoms with E-state index in [2.05, 4.69) is 6.92 Å². The van der Waals surface area contributed by atoms with Crippen LogP contribution in [0.5, 0.6) is 5.75 Å². The molecule has 0 heterocycles. The third-order valence-electron chi connectivity index (χ3n) is 3.77. The molecule has 1 aliphatic rings. The first-order chi connectivity index (χ1) is 8.70. The van der Waals surface area contributed by atoms with Crippen LogP contribution in [0.3, 0.4) is 0 Å². The van der Waals surface area contributed by atoms with E-state index in [-0.39, 0.29) is 11.9 Å². The molecule has 0 saturated heterocycles. The zero-order valence-electron chi connectivity index (χ0n) is 11.3. The van der Waals surface area contributed by atoms with Gasteiger partial charge in [0, 0.05) is 6.42 Å². The molecule has 1 fully saturated rings. The van der Waals surface area contributed by atoms with E-state index >= 15 is 0 Å². The zero-order valence-corrected chi connectivity index (χ0v) is 11.3. The molecule has 1 aromatic rings. The summed E-state index contributed by atoms with van der Waals surface area (Å²) in [4.78, 5) is 11.8. The number of hydrogen-bond acceptors (Lipinski definition) is 2. The quantitative estimate of drug-likeness (QED) is 0.743. The van der Waals surface area contributed by atoms with Crippen molar-refractivity contribution in [2.45, 2.75) is 52.1 Å². The molecule has 2 nitrogen and oxygen atoms in total. The maximum atomic E-state index is 11.8. The first kappa shape index (κ1) is 13.1. The average molecular weight is 246 g/mol. The summed E-state index contributed by atoms with van der Waals surface area (Å²) in [5, 5.41) is 0. The summed E-state index contributed by atoms with van der Waals surface area (Å²) in [6.07, 6.45) is 5.49. The molecule has 18 heavy (non-hydrogen) atoms. The van der Waals surface area contributed by atoms with E-state index in [1.54, 1.807) is 0 Å². The average Bonchev–Trinajstić information content (AvgIpc) is 2.41. The fourth-order valence-corrected chi connectivity index (χ4v) is 2.52. The number of carbonyl (C=O) groups excluding carboxylic acids is 1. The number of para-hydroxylation sites is 1. The Morgan fingerprint density at radius 1 is 1.22 bits per heavy atom. The SMILES string of the molecule is CCC(=O)c1ccccc1OC1CCC(C)CC1. The van der Waals surface area contributed by atoms with E-state index in [1.165, 1.54) is 12.8 Å². The van der Waals surface area contributed by atoms with E-state index in [4.69, 9.17) is 4.74 Å². The van der Waals surface area contributed by atoms with Gasteiger partial charge in [-0.25, -0.2) is 0 Å². The minimum atomic E-state index is 0.162.